The zero-order valence-electron chi connectivity index (χ0n) is 15.2. The minimum Gasteiger partial charge on any atom is -0.326 e. The maximum Gasteiger partial charge on any atom is 0.264 e. The summed E-state index contributed by atoms with van der Waals surface area (Å²) in [4.78, 5) is 31.7. The van der Waals surface area contributed by atoms with Crippen LogP contribution in [0.4, 0.5) is 11.6 Å². The Morgan fingerprint density at radius 1 is 1.15 bits per heavy atom. The van der Waals surface area contributed by atoms with Gasteiger partial charge in [-0.15, -0.1) is 0 Å². The van der Waals surface area contributed by atoms with Crippen LogP contribution in [0.25, 0.3) is 0 Å². The molecule has 1 aromatic heterocycles. The minimum absolute atomic E-state index is 0.00998. The average molecular weight is 388 g/mol. The Morgan fingerprint density at radius 3 is 2.44 bits per heavy atom. The van der Waals surface area contributed by atoms with Crippen molar-refractivity contribution in [3.05, 3.63) is 41.2 Å². The number of anilines is 2. The molecule has 8 nitrogen and oxygen atoms in total. The van der Waals surface area contributed by atoms with Gasteiger partial charge in [0.1, 0.15) is 0 Å². The first kappa shape index (κ1) is 19.0. The first-order valence-corrected chi connectivity index (χ1v) is 9.95. The van der Waals surface area contributed by atoms with Gasteiger partial charge in [0.15, 0.2) is 5.78 Å². The second-order valence-electron chi connectivity index (χ2n) is 6.70. The highest BCUT2D eigenvalue weighted by Gasteiger charge is 2.27. The van der Waals surface area contributed by atoms with Crippen molar-refractivity contribution in [1.82, 2.24) is 9.97 Å². The molecular formula is C18H20N4O4S. The normalized spacial score (nSPS) is 16.6. The van der Waals surface area contributed by atoms with Crippen LogP contribution in [0.1, 0.15) is 42.0 Å². The molecule has 2 aromatic rings. The van der Waals surface area contributed by atoms with Crippen LogP contribution in [-0.2, 0) is 21.2 Å². The van der Waals surface area contributed by atoms with E-state index in [4.69, 9.17) is 0 Å². The number of rotatable bonds is 4. The summed E-state index contributed by atoms with van der Waals surface area (Å²) in [7, 11) is -3.90. The largest absolute Gasteiger partial charge is 0.326 e. The monoisotopic (exact) mass is 388 g/mol. The molecule has 1 aliphatic rings. The fraction of sp³-hybridized carbons (Fsp3) is 0.333. The Hall–Kier alpha value is -2.81. The van der Waals surface area contributed by atoms with E-state index in [1.807, 2.05) is 6.92 Å². The number of fused-ring (bicyclic) bond motifs is 1. The van der Waals surface area contributed by atoms with Gasteiger partial charge < -0.3 is 5.32 Å². The topological polar surface area (TPSA) is 118 Å². The summed E-state index contributed by atoms with van der Waals surface area (Å²) in [6.07, 6.45) is 1.05. The molecule has 0 bridgehead atoms. The van der Waals surface area contributed by atoms with Gasteiger partial charge in [-0.2, -0.15) is 0 Å². The minimum atomic E-state index is -3.90. The number of aryl methyl sites for hydroxylation is 1. The fourth-order valence-corrected chi connectivity index (χ4v) is 4.05. The number of ketones is 1. The Kier molecular flexibility index (Phi) is 4.97. The van der Waals surface area contributed by atoms with Gasteiger partial charge in [-0.3, -0.25) is 9.59 Å². The van der Waals surface area contributed by atoms with Crippen molar-refractivity contribution in [2.24, 2.45) is 5.92 Å². The van der Waals surface area contributed by atoms with E-state index in [-0.39, 0.29) is 28.5 Å². The van der Waals surface area contributed by atoms with E-state index in [0.717, 1.165) is 0 Å². The number of hydrogen-bond acceptors (Lipinski definition) is 6. The van der Waals surface area contributed by atoms with Crippen molar-refractivity contribution in [2.45, 2.75) is 38.5 Å². The van der Waals surface area contributed by atoms with Crippen LogP contribution in [-0.4, -0.2) is 30.1 Å². The van der Waals surface area contributed by atoms with Gasteiger partial charge in [0.05, 0.1) is 21.8 Å². The first-order valence-electron chi connectivity index (χ1n) is 8.47. The molecule has 0 radical (unpaired) electrons. The number of carbonyl (C=O) groups is 2. The number of benzene rings is 1. The van der Waals surface area contributed by atoms with Gasteiger partial charge in [0.2, 0.25) is 11.9 Å². The molecule has 0 fully saturated rings. The summed E-state index contributed by atoms with van der Waals surface area (Å²) in [6, 6.07) is 5.75. The predicted octanol–water partition coefficient (Wildman–Crippen LogP) is 2.31. The van der Waals surface area contributed by atoms with Crippen molar-refractivity contribution in [1.29, 1.82) is 0 Å². The van der Waals surface area contributed by atoms with Crippen molar-refractivity contribution in [3.8, 4) is 0 Å². The number of amides is 1. The van der Waals surface area contributed by atoms with Crippen molar-refractivity contribution >= 4 is 33.3 Å². The maximum absolute atomic E-state index is 12.6. The molecule has 0 spiro atoms. The lowest BCUT2D eigenvalue weighted by Gasteiger charge is -2.21. The van der Waals surface area contributed by atoms with E-state index in [9.17, 15) is 18.0 Å². The zero-order valence-corrected chi connectivity index (χ0v) is 16.1. The highest BCUT2D eigenvalue weighted by molar-refractivity contribution is 7.92. The number of sulfonamides is 1. The van der Waals surface area contributed by atoms with E-state index >= 15 is 0 Å². The second kappa shape index (κ2) is 7.07. The van der Waals surface area contributed by atoms with Gasteiger partial charge in [0, 0.05) is 19.0 Å². The average Bonchev–Trinajstić information content (AvgIpc) is 2.53. The number of nitrogens with one attached hydrogen (secondary N) is 2. The summed E-state index contributed by atoms with van der Waals surface area (Å²) in [5, 5.41) is 2.57. The van der Waals surface area contributed by atoms with Gasteiger partial charge in [-0.1, -0.05) is 6.92 Å². The molecule has 3 rings (SSSR count). The smallest absolute Gasteiger partial charge is 0.264 e. The van der Waals surface area contributed by atoms with Crippen molar-refractivity contribution in [2.75, 3.05) is 10.0 Å². The maximum atomic E-state index is 12.6. The van der Waals surface area contributed by atoms with Gasteiger partial charge in [-0.05, 0) is 43.5 Å². The molecule has 2 N–H and O–H groups in total. The summed E-state index contributed by atoms with van der Waals surface area (Å²) in [5.41, 5.74) is 2.03. The van der Waals surface area contributed by atoms with Crippen LogP contribution in [0, 0.1) is 12.8 Å². The Morgan fingerprint density at radius 2 is 1.81 bits per heavy atom. The molecule has 1 amide bonds. The third-order valence-corrected chi connectivity index (χ3v) is 5.57. The van der Waals surface area contributed by atoms with Gasteiger partial charge >= 0.3 is 0 Å². The summed E-state index contributed by atoms with van der Waals surface area (Å²) >= 11 is 0. The summed E-state index contributed by atoms with van der Waals surface area (Å²) in [6.45, 7) is 5.00. The highest BCUT2D eigenvalue weighted by Crippen LogP contribution is 2.27. The van der Waals surface area contributed by atoms with Crippen molar-refractivity contribution < 1.29 is 18.0 Å². The van der Waals surface area contributed by atoms with Crippen LogP contribution in [0.3, 0.4) is 0 Å². The van der Waals surface area contributed by atoms with Crippen LogP contribution in [0.5, 0.6) is 0 Å². The Bertz CT molecular complexity index is 1020. The molecule has 1 heterocycles. The SMILES string of the molecule is CC(=O)Nc1ccc(S(=O)(=O)Nc2nc(C)c3c(n2)C[C@@H](C)CC3=O)cc1. The van der Waals surface area contributed by atoms with Gasteiger partial charge in [-0.25, -0.2) is 23.1 Å². The van der Waals surface area contributed by atoms with E-state index in [2.05, 4.69) is 20.0 Å². The lowest BCUT2D eigenvalue weighted by Crippen LogP contribution is -2.23. The molecular weight excluding hydrogens is 368 g/mol. The number of carbonyl (C=O) groups excluding carboxylic acids is 2. The lowest BCUT2D eigenvalue weighted by molar-refractivity contribution is -0.114. The highest BCUT2D eigenvalue weighted by atomic mass is 32.2. The molecule has 0 aliphatic heterocycles. The molecule has 1 atom stereocenters. The quantitative estimate of drug-likeness (QED) is 0.830. The number of nitrogens with zero attached hydrogens (tertiary/aromatic N) is 2. The van der Waals surface area contributed by atoms with Crippen LogP contribution in [0.15, 0.2) is 29.2 Å². The Labute approximate surface area is 157 Å². The predicted molar refractivity (Wildman–Crippen MR) is 100 cm³/mol. The summed E-state index contributed by atoms with van der Waals surface area (Å²) < 4.78 is 27.6. The standard InChI is InChI=1S/C18H20N4O4S/c1-10-8-15-17(16(24)9-10)11(2)19-18(21-15)22-27(25,26)14-6-4-13(5-7-14)20-12(3)23/h4-7,10H,8-9H2,1-3H3,(H,20,23)(H,19,21,22)/t10-/m1/s1. The molecule has 142 valence electrons. The number of hydrogen-bond donors (Lipinski definition) is 2. The lowest BCUT2D eigenvalue weighted by atomic mass is 9.86. The van der Waals surface area contributed by atoms with E-state index < -0.39 is 10.0 Å². The number of Topliss-reactive ketones (excluding diaryl/α,β-unsaturated/α-hetero) is 1. The molecule has 1 aromatic carbocycles. The third-order valence-electron chi connectivity index (χ3n) is 4.23. The zero-order chi connectivity index (χ0) is 19.8. The van der Waals surface area contributed by atoms with E-state index in [1.54, 1.807) is 6.92 Å². The molecule has 0 saturated carbocycles. The Balaban J connectivity index is 1.88. The summed E-state index contributed by atoms with van der Waals surface area (Å²) in [5.74, 6) is -0.154. The molecule has 0 saturated heterocycles. The fourth-order valence-electron chi connectivity index (χ4n) is 3.11. The van der Waals surface area contributed by atoms with E-state index in [0.29, 0.717) is 35.5 Å². The molecule has 9 heteroatoms. The third kappa shape index (κ3) is 4.13. The molecule has 1 aliphatic carbocycles. The van der Waals surface area contributed by atoms with Crippen LogP contribution < -0.4 is 10.0 Å². The van der Waals surface area contributed by atoms with Gasteiger partial charge in [0.25, 0.3) is 10.0 Å². The molecule has 0 unspecified atom stereocenters. The number of aromatic nitrogens is 2. The van der Waals surface area contributed by atoms with Crippen LogP contribution in [0.2, 0.25) is 0 Å². The van der Waals surface area contributed by atoms with Crippen LogP contribution >= 0.6 is 0 Å². The first-order chi connectivity index (χ1) is 12.7. The second-order valence-corrected chi connectivity index (χ2v) is 8.38. The van der Waals surface area contributed by atoms with E-state index in [1.165, 1.54) is 31.2 Å². The van der Waals surface area contributed by atoms with Crippen molar-refractivity contribution in [3.63, 3.8) is 0 Å². The molecule has 27 heavy (non-hydrogen) atoms.